The number of aromatic nitrogens is 4. The Morgan fingerprint density at radius 3 is 2.74 bits per heavy atom. The second kappa shape index (κ2) is 9.02. The van der Waals surface area contributed by atoms with Gasteiger partial charge in [0.25, 0.3) is 0 Å². The van der Waals surface area contributed by atoms with Crippen LogP contribution in [0.2, 0.25) is 0 Å². The zero-order valence-electron chi connectivity index (χ0n) is 15.8. The Bertz CT molecular complexity index is 827. The highest BCUT2D eigenvalue weighted by molar-refractivity contribution is 5.74. The summed E-state index contributed by atoms with van der Waals surface area (Å²) in [7, 11) is 1.79. The van der Waals surface area contributed by atoms with Crippen molar-refractivity contribution in [1.29, 1.82) is 0 Å². The average molecular weight is 366 g/mol. The van der Waals surface area contributed by atoms with E-state index in [2.05, 4.69) is 38.9 Å². The molecule has 7 nitrogen and oxygen atoms in total. The molecule has 0 fully saturated rings. The lowest BCUT2D eigenvalue weighted by Crippen LogP contribution is -2.44. The summed E-state index contributed by atoms with van der Waals surface area (Å²) in [5.41, 5.74) is 1.20. The van der Waals surface area contributed by atoms with Crippen molar-refractivity contribution in [2.75, 3.05) is 7.05 Å². The van der Waals surface area contributed by atoms with Gasteiger partial charge in [0.05, 0.1) is 12.9 Å². The molecule has 0 aliphatic rings. The van der Waals surface area contributed by atoms with Gasteiger partial charge < -0.3 is 19.4 Å². The number of urea groups is 1. The van der Waals surface area contributed by atoms with Crippen LogP contribution in [0.1, 0.15) is 24.7 Å². The maximum absolute atomic E-state index is 12.6. The Morgan fingerprint density at radius 1 is 1.22 bits per heavy atom. The van der Waals surface area contributed by atoms with Crippen molar-refractivity contribution >= 4 is 6.03 Å². The number of nitrogens with zero attached hydrogens (tertiary/aromatic N) is 5. The third-order valence-corrected chi connectivity index (χ3v) is 4.53. The maximum Gasteiger partial charge on any atom is 0.317 e. The van der Waals surface area contributed by atoms with E-state index in [0.717, 1.165) is 18.8 Å². The number of hydrogen-bond donors (Lipinski definition) is 1. The van der Waals surface area contributed by atoms with E-state index < -0.39 is 0 Å². The minimum absolute atomic E-state index is 0.0539. The first-order valence-corrected chi connectivity index (χ1v) is 9.17. The molecule has 0 saturated carbocycles. The van der Waals surface area contributed by atoms with E-state index in [-0.39, 0.29) is 12.1 Å². The summed E-state index contributed by atoms with van der Waals surface area (Å²) in [5, 5.41) is 3.09. The van der Waals surface area contributed by atoms with Crippen LogP contribution in [0, 0.1) is 0 Å². The van der Waals surface area contributed by atoms with Gasteiger partial charge in [-0.05, 0) is 12.0 Å². The quantitative estimate of drug-likeness (QED) is 0.666. The van der Waals surface area contributed by atoms with Crippen molar-refractivity contribution < 1.29 is 4.79 Å². The molecule has 2 amide bonds. The van der Waals surface area contributed by atoms with E-state index in [0.29, 0.717) is 13.1 Å². The summed E-state index contributed by atoms with van der Waals surface area (Å²) in [4.78, 5) is 22.7. The van der Waals surface area contributed by atoms with Crippen LogP contribution in [0.4, 0.5) is 4.79 Å². The van der Waals surface area contributed by atoms with Crippen molar-refractivity contribution in [3.05, 3.63) is 72.8 Å². The summed E-state index contributed by atoms with van der Waals surface area (Å²) < 4.78 is 4.04. The Labute approximate surface area is 159 Å². The van der Waals surface area contributed by atoms with Crippen LogP contribution in [0.15, 0.2) is 61.4 Å². The van der Waals surface area contributed by atoms with Gasteiger partial charge in [0, 0.05) is 51.0 Å². The highest BCUT2D eigenvalue weighted by atomic mass is 16.2. The molecule has 1 unspecified atom stereocenters. The molecule has 2 aromatic heterocycles. The molecular formula is C20H26N6O. The third kappa shape index (κ3) is 5.20. The van der Waals surface area contributed by atoms with E-state index in [1.165, 1.54) is 5.56 Å². The Kier molecular flexibility index (Phi) is 6.25. The van der Waals surface area contributed by atoms with Gasteiger partial charge in [-0.25, -0.2) is 14.8 Å². The van der Waals surface area contributed by atoms with E-state index in [4.69, 9.17) is 0 Å². The zero-order chi connectivity index (χ0) is 19.1. The number of imidazole rings is 2. The lowest BCUT2D eigenvalue weighted by molar-refractivity contribution is 0.199. The fourth-order valence-corrected chi connectivity index (χ4v) is 2.91. The summed E-state index contributed by atoms with van der Waals surface area (Å²) in [5.74, 6) is 0.860. The van der Waals surface area contributed by atoms with E-state index in [1.54, 1.807) is 30.7 Å². The van der Waals surface area contributed by atoms with Crippen LogP contribution >= 0.6 is 0 Å². The predicted octanol–water partition coefficient (Wildman–Crippen LogP) is 2.75. The Morgan fingerprint density at radius 2 is 2.04 bits per heavy atom. The first-order chi connectivity index (χ1) is 13.2. The number of carbonyl (C=O) groups excluding carboxylic acids is 1. The van der Waals surface area contributed by atoms with Crippen molar-refractivity contribution in [3.8, 4) is 0 Å². The second-order valence-corrected chi connectivity index (χ2v) is 6.63. The summed E-state index contributed by atoms with van der Waals surface area (Å²) >= 11 is 0. The lowest BCUT2D eigenvalue weighted by atomic mass is 10.2. The molecule has 0 saturated heterocycles. The van der Waals surface area contributed by atoms with Crippen molar-refractivity contribution in [1.82, 2.24) is 29.3 Å². The molecule has 0 bridgehead atoms. The van der Waals surface area contributed by atoms with Crippen molar-refractivity contribution in [2.45, 2.75) is 39.0 Å². The number of amides is 2. The molecule has 0 spiro atoms. The van der Waals surface area contributed by atoms with E-state index >= 15 is 0 Å². The van der Waals surface area contributed by atoms with E-state index in [9.17, 15) is 4.79 Å². The van der Waals surface area contributed by atoms with Crippen LogP contribution in [0.5, 0.6) is 0 Å². The zero-order valence-corrected chi connectivity index (χ0v) is 15.8. The standard InChI is InChI=1S/C20H26N6O/c1-3-18(14-25-11-9-21-16-25)23-20(27)24(2)15-19-22-10-12-26(19)13-17-7-5-4-6-8-17/h4-12,16,18H,3,13-15H2,1-2H3,(H,23,27). The second-order valence-electron chi connectivity index (χ2n) is 6.63. The van der Waals surface area contributed by atoms with Gasteiger partial charge in [0.15, 0.2) is 0 Å². The highest BCUT2D eigenvalue weighted by Gasteiger charge is 2.16. The molecule has 1 atom stereocenters. The molecule has 0 radical (unpaired) electrons. The Hall–Kier alpha value is -3.09. The average Bonchev–Trinajstić information content (AvgIpc) is 3.34. The van der Waals surface area contributed by atoms with Crippen LogP contribution in [0.25, 0.3) is 0 Å². The molecule has 0 aliphatic carbocycles. The molecule has 7 heteroatoms. The molecule has 3 aromatic rings. The molecule has 1 aromatic carbocycles. The van der Waals surface area contributed by atoms with Gasteiger partial charge in [-0.1, -0.05) is 37.3 Å². The molecule has 142 valence electrons. The number of hydrogen-bond acceptors (Lipinski definition) is 3. The first kappa shape index (κ1) is 18.7. The lowest BCUT2D eigenvalue weighted by Gasteiger charge is -2.23. The Balaban J connectivity index is 1.57. The topological polar surface area (TPSA) is 68.0 Å². The van der Waals surface area contributed by atoms with Crippen LogP contribution in [-0.2, 0) is 19.6 Å². The highest BCUT2D eigenvalue weighted by Crippen LogP contribution is 2.08. The van der Waals surface area contributed by atoms with Gasteiger partial charge in [0.2, 0.25) is 0 Å². The first-order valence-electron chi connectivity index (χ1n) is 9.17. The van der Waals surface area contributed by atoms with Gasteiger partial charge in [0.1, 0.15) is 5.82 Å². The van der Waals surface area contributed by atoms with Crippen LogP contribution < -0.4 is 5.32 Å². The van der Waals surface area contributed by atoms with Gasteiger partial charge >= 0.3 is 6.03 Å². The largest absolute Gasteiger partial charge is 0.335 e. The normalized spacial score (nSPS) is 11.9. The minimum Gasteiger partial charge on any atom is -0.335 e. The minimum atomic E-state index is -0.101. The van der Waals surface area contributed by atoms with Crippen LogP contribution in [-0.4, -0.2) is 43.1 Å². The van der Waals surface area contributed by atoms with Crippen molar-refractivity contribution in [2.24, 2.45) is 0 Å². The SMILES string of the molecule is CCC(Cn1ccnc1)NC(=O)N(C)Cc1nccn1Cc1ccccc1. The van der Waals surface area contributed by atoms with Gasteiger partial charge in [-0.15, -0.1) is 0 Å². The van der Waals surface area contributed by atoms with Crippen LogP contribution in [0.3, 0.4) is 0 Å². The maximum atomic E-state index is 12.6. The molecule has 0 aliphatic heterocycles. The van der Waals surface area contributed by atoms with Crippen molar-refractivity contribution in [3.63, 3.8) is 0 Å². The molecule has 1 N–H and O–H groups in total. The number of rotatable bonds is 8. The summed E-state index contributed by atoms with van der Waals surface area (Å²) in [6, 6.07) is 10.2. The van der Waals surface area contributed by atoms with Gasteiger partial charge in [-0.3, -0.25) is 0 Å². The fraction of sp³-hybridized carbons (Fsp3) is 0.350. The molecule has 27 heavy (non-hydrogen) atoms. The number of carbonyl (C=O) groups is 1. The summed E-state index contributed by atoms with van der Waals surface area (Å²) in [6.07, 6.45) is 9.98. The van der Waals surface area contributed by atoms with E-state index in [1.807, 2.05) is 35.2 Å². The fourth-order valence-electron chi connectivity index (χ4n) is 2.91. The molecule has 2 heterocycles. The smallest absolute Gasteiger partial charge is 0.317 e. The molecular weight excluding hydrogens is 340 g/mol. The third-order valence-electron chi connectivity index (χ3n) is 4.53. The predicted molar refractivity (Wildman–Crippen MR) is 104 cm³/mol. The summed E-state index contributed by atoms with van der Waals surface area (Å²) in [6.45, 7) is 3.96. The number of benzene rings is 1. The van der Waals surface area contributed by atoms with Gasteiger partial charge in [-0.2, -0.15) is 0 Å². The molecule has 3 rings (SSSR count). The monoisotopic (exact) mass is 366 g/mol. The number of nitrogens with one attached hydrogen (secondary N) is 1.